The molecule has 5 heteroatoms. The summed E-state index contributed by atoms with van der Waals surface area (Å²) in [5.41, 5.74) is 5.41. The molecule has 2 saturated carbocycles. The van der Waals surface area contributed by atoms with Crippen molar-refractivity contribution < 1.29 is 4.79 Å². The maximum atomic E-state index is 12.9. The molecule has 2 fully saturated rings. The van der Waals surface area contributed by atoms with E-state index in [0.717, 1.165) is 38.5 Å². The van der Waals surface area contributed by atoms with Crippen LogP contribution in [0.5, 0.6) is 0 Å². The second kappa shape index (κ2) is 7.82. The second-order valence-electron chi connectivity index (χ2n) is 6.56. The molecule has 0 heterocycles. The molecule has 2 rings (SSSR count). The minimum absolute atomic E-state index is 0.101. The van der Waals surface area contributed by atoms with E-state index < -0.39 is 5.41 Å². The number of carbonyl (C=O) groups is 1. The third kappa shape index (κ3) is 4.13. The van der Waals surface area contributed by atoms with Crippen LogP contribution < -0.4 is 11.1 Å². The number of thiocarbonyl (C=S) groups is 1. The van der Waals surface area contributed by atoms with Crippen molar-refractivity contribution in [1.82, 2.24) is 5.32 Å². The van der Waals surface area contributed by atoms with E-state index in [0.29, 0.717) is 16.3 Å². The van der Waals surface area contributed by atoms with Crippen molar-refractivity contribution in [3.63, 3.8) is 0 Å². The minimum Gasteiger partial charge on any atom is -0.392 e. The van der Waals surface area contributed by atoms with Crippen LogP contribution >= 0.6 is 24.0 Å². The van der Waals surface area contributed by atoms with Crippen LogP contribution in [-0.2, 0) is 4.79 Å². The fraction of sp³-hybridized carbons (Fsp3) is 0.875. The highest BCUT2D eigenvalue weighted by atomic mass is 32.2. The lowest BCUT2D eigenvalue weighted by Crippen LogP contribution is -2.52. The maximum Gasteiger partial charge on any atom is 0.233 e. The molecule has 2 aliphatic carbocycles. The molecule has 120 valence electrons. The van der Waals surface area contributed by atoms with Crippen LogP contribution in [0.3, 0.4) is 0 Å². The van der Waals surface area contributed by atoms with Crippen LogP contribution in [0.1, 0.15) is 64.2 Å². The highest BCUT2D eigenvalue weighted by molar-refractivity contribution is 7.99. The molecule has 21 heavy (non-hydrogen) atoms. The molecule has 2 aliphatic rings. The molecule has 0 aromatic heterocycles. The topological polar surface area (TPSA) is 55.1 Å². The first kappa shape index (κ1) is 17.1. The molecular formula is C16H28N2OS2. The summed E-state index contributed by atoms with van der Waals surface area (Å²) in [6, 6.07) is 0.304. The van der Waals surface area contributed by atoms with Crippen LogP contribution in [-0.4, -0.2) is 28.4 Å². The number of rotatable bonds is 4. The summed E-state index contributed by atoms with van der Waals surface area (Å²) in [5, 5.41) is 3.96. The van der Waals surface area contributed by atoms with Gasteiger partial charge in [-0.05, 0) is 38.4 Å². The van der Waals surface area contributed by atoms with Gasteiger partial charge < -0.3 is 11.1 Å². The first-order valence-electron chi connectivity index (χ1n) is 8.22. The molecule has 1 amide bonds. The third-order valence-corrected chi connectivity index (χ3v) is 6.64. The van der Waals surface area contributed by atoms with E-state index in [4.69, 9.17) is 18.0 Å². The Morgan fingerprint density at radius 2 is 1.86 bits per heavy atom. The summed E-state index contributed by atoms with van der Waals surface area (Å²) in [4.78, 5) is 13.3. The van der Waals surface area contributed by atoms with E-state index >= 15 is 0 Å². The molecule has 0 radical (unpaired) electrons. The number of nitrogens with one attached hydrogen (secondary N) is 1. The third-order valence-electron chi connectivity index (χ3n) is 5.16. The number of hydrogen-bond acceptors (Lipinski definition) is 3. The fourth-order valence-corrected chi connectivity index (χ4v) is 4.86. The van der Waals surface area contributed by atoms with Crippen molar-refractivity contribution in [2.45, 2.75) is 75.5 Å². The van der Waals surface area contributed by atoms with Gasteiger partial charge in [0.25, 0.3) is 0 Å². The van der Waals surface area contributed by atoms with Gasteiger partial charge in [-0.3, -0.25) is 4.79 Å². The van der Waals surface area contributed by atoms with Gasteiger partial charge in [0, 0.05) is 11.3 Å². The van der Waals surface area contributed by atoms with Gasteiger partial charge in [-0.1, -0.05) is 44.3 Å². The average molecular weight is 329 g/mol. The van der Waals surface area contributed by atoms with Gasteiger partial charge in [0.2, 0.25) is 5.91 Å². The smallest absolute Gasteiger partial charge is 0.233 e. The maximum absolute atomic E-state index is 12.9. The lowest BCUT2D eigenvalue weighted by Gasteiger charge is -2.35. The van der Waals surface area contributed by atoms with Gasteiger partial charge in [-0.2, -0.15) is 11.8 Å². The summed E-state index contributed by atoms with van der Waals surface area (Å²) >= 11 is 7.21. The number of amides is 1. The molecule has 0 saturated heterocycles. The first-order valence-corrected chi connectivity index (χ1v) is 9.92. The Morgan fingerprint density at radius 1 is 1.19 bits per heavy atom. The molecule has 2 atom stereocenters. The highest BCUT2D eigenvalue weighted by Crippen LogP contribution is 2.36. The number of thioether (sulfide) groups is 1. The summed E-state index contributed by atoms with van der Waals surface area (Å²) in [6.45, 7) is 0. The van der Waals surface area contributed by atoms with Gasteiger partial charge in [0.1, 0.15) is 0 Å². The van der Waals surface area contributed by atoms with Crippen molar-refractivity contribution >= 4 is 34.9 Å². The first-order chi connectivity index (χ1) is 10.1. The van der Waals surface area contributed by atoms with Crippen molar-refractivity contribution in [1.29, 1.82) is 0 Å². The quantitative estimate of drug-likeness (QED) is 0.613. The van der Waals surface area contributed by atoms with E-state index in [1.54, 1.807) is 0 Å². The average Bonchev–Trinajstić information content (AvgIpc) is 2.74. The standard InChI is InChI=1S/C16H28N2OS2/c1-21-13-8-6-7-12(11-13)18-15(19)16(14(17)20)9-4-2-3-5-10-16/h12-13H,2-11H2,1H3,(H2,17,20)(H,18,19). The SMILES string of the molecule is CSC1CCCC(NC(=O)C2(C(N)=S)CCCCCC2)C1. The zero-order valence-corrected chi connectivity index (χ0v) is 14.7. The van der Waals surface area contributed by atoms with Gasteiger partial charge in [-0.15, -0.1) is 0 Å². The molecule has 0 aromatic carbocycles. The fourth-order valence-electron chi connectivity index (χ4n) is 3.73. The molecule has 3 nitrogen and oxygen atoms in total. The van der Waals surface area contributed by atoms with Crippen LogP contribution in [0.4, 0.5) is 0 Å². The van der Waals surface area contributed by atoms with Crippen LogP contribution in [0.2, 0.25) is 0 Å². The number of hydrogen-bond donors (Lipinski definition) is 2. The Balaban J connectivity index is 2.03. The van der Waals surface area contributed by atoms with Gasteiger partial charge in [0.05, 0.1) is 10.4 Å². The zero-order chi connectivity index (χ0) is 15.3. The molecular weight excluding hydrogens is 300 g/mol. The Kier molecular flexibility index (Phi) is 6.35. The molecule has 0 spiro atoms. The Labute approximate surface area is 138 Å². The van der Waals surface area contributed by atoms with Crippen LogP contribution in [0, 0.1) is 5.41 Å². The number of carbonyl (C=O) groups excluding carboxylic acids is 1. The molecule has 3 N–H and O–H groups in total. The van der Waals surface area contributed by atoms with E-state index in [2.05, 4.69) is 11.6 Å². The minimum atomic E-state index is -0.585. The van der Waals surface area contributed by atoms with Gasteiger partial charge in [-0.25, -0.2) is 0 Å². The summed E-state index contributed by atoms with van der Waals surface area (Å²) < 4.78 is 0. The Bertz CT molecular complexity index is 378. The lowest BCUT2D eigenvalue weighted by molar-refractivity contribution is -0.129. The van der Waals surface area contributed by atoms with E-state index in [-0.39, 0.29) is 5.91 Å². The lowest BCUT2D eigenvalue weighted by atomic mass is 9.78. The highest BCUT2D eigenvalue weighted by Gasteiger charge is 2.42. The van der Waals surface area contributed by atoms with E-state index in [1.807, 2.05) is 11.8 Å². The van der Waals surface area contributed by atoms with E-state index in [9.17, 15) is 4.79 Å². The van der Waals surface area contributed by atoms with Gasteiger partial charge >= 0.3 is 0 Å². The normalized spacial score (nSPS) is 29.4. The monoisotopic (exact) mass is 328 g/mol. The molecule has 2 unspecified atom stereocenters. The Hall–Kier alpha value is -0.290. The van der Waals surface area contributed by atoms with Crippen molar-refractivity contribution in [2.75, 3.05) is 6.26 Å². The molecule has 0 aromatic rings. The van der Waals surface area contributed by atoms with Crippen molar-refractivity contribution in [3.8, 4) is 0 Å². The summed E-state index contributed by atoms with van der Waals surface area (Å²) in [6.07, 6.45) is 13.0. The largest absolute Gasteiger partial charge is 0.392 e. The van der Waals surface area contributed by atoms with Crippen molar-refractivity contribution in [3.05, 3.63) is 0 Å². The summed E-state index contributed by atoms with van der Waals surface area (Å²) in [7, 11) is 0. The predicted molar refractivity (Wildman–Crippen MR) is 94.6 cm³/mol. The van der Waals surface area contributed by atoms with Crippen LogP contribution in [0.25, 0.3) is 0 Å². The molecule has 0 bridgehead atoms. The van der Waals surface area contributed by atoms with Gasteiger partial charge in [0.15, 0.2) is 0 Å². The number of nitrogens with two attached hydrogens (primary N) is 1. The second-order valence-corrected chi connectivity index (χ2v) is 8.13. The zero-order valence-electron chi connectivity index (χ0n) is 13.0. The van der Waals surface area contributed by atoms with Crippen molar-refractivity contribution in [2.24, 2.45) is 11.1 Å². The molecule has 0 aliphatic heterocycles. The van der Waals surface area contributed by atoms with Crippen LogP contribution in [0.15, 0.2) is 0 Å². The Morgan fingerprint density at radius 3 is 2.43 bits per heavy atom. The summed E-state index contributed by atoms with van der Waals surface area (Å²) in [5.74, 6) is 0.101. The van der Waals surface area contributed by atoms with E-state index in [1.165, 1.54) is 25.7 Å². The predicted octanol–water partition coefficient (Wildman–Crippen LogP) is 3.40.